The van der Waals surface area contributed by atoms with Crippen LogP contribution in [0.4, 0.5) is 11.5 Å². The van der Waals surface area contributed by atoms with Crippen LogP contribution in [-0.2, 0) is 4.79 Å². The van der Waals surface area contributed by atoms with Gasteiger partial charge in [-0.05, 0) is 62.1 Å². The van der Waals surface area contributed by atoms with E-state index in [0.717, 1.165) is 47.2 Å². The van der Waals surface area contributed by atoms with Crippen LogP contribution in [0.25, 0.3) is 11.3 Å². The highest BCUT2D eigenvalue weighted by Crippen LogP contribution is 2.22. The van der Waals surface area contributed by atoms with E-state index in [1.807, 2.05) is 67.6 Å². The molecule has 1 aliphatic rings. The quantitative estimate of drug-likeness (QED) is 0.659. The normalized spacial score (nSPS) is 13.7. The molecule has 1 N–H and O–H groups in total. The summed E-state index contributed by atoms with van der Waals surface area (Å²) in [6.07, 6.45) is 3.72. The summed E-state index contributed by atoms with van der Waals surface area (Å²) in [6.45, 7) is 4.02. The van der Waals surface area contributed by atoms with Crippen molar-refractivity contribution in [2.24, 2.45) is 0 Å². The molecule has 0 atom stereocenters. The van der Waals surface area contributed by atoms with Gasteiger partial charge in [0.25, 0.3) is 5.91 Å². The molecule has 0 saturated carbocycles. The van der Waals surface area contributed by atoms with Gasteiger partial charge in [0.05, 0.1) is 5.69 Å². The zero-order chi connectivity index (χ0) is 20.8. The topological polar surface area (TPSA) is 67.3 Å². The molecule has 6 heteroatoms. The summed E-state index contributed by atoms with van der Waals surface area (Å²) in [5.41, 5.74) is 3.50. The summed E-state index contributed by atoms with van der Waals surface area (Å²) in [7, 11) is 0. The molecule has 0 spiro atoms. The van der Waals surface area contributed by atoms with Crippen molar-refractivity contribution in [3.05, 3.63) is 66.2 Å². The first kappa shape index (κ1) is 19.9. The number of nitrogens with zero attached hydrogens (tertiary/aromatic N) is 3. The molecule has 4 rings (SSSR count). The largest absolute Gasteiger partial charge is 0.483 e. The maximum Gasteiger partial charge on any atom is 0.262 e. The standard InChI is InChI=1S/C24H26N4O2/c1-18-7-3-4-8-22(18)30-17-24(29)25-20-11-9-19(10-12-20)21-13-14-23(27-26-21)28-15-5-2-6-16-28/h3-4,7-14H,2,5-6,15-17H2,1H3,(H,25,29). The second-order valence-corrected chi connectivity index (χ2v) is 7.50. The molecular weight excluding hydrogens is 376 g/mol. The Labute approximate surface area is 176 Å². The molecule has 1 saturated heterocycles. The van der Waals surface area contributed by atoms with Crippen LogP contribution >= 0.6 is 0 Å². The summed E-state index contributed by atoms with van der Waals surface area (Å²) in [4.78, 5) is 14.5. The summed E-state index contributed by atoms with van der Waals surface area (Å²) >= 11 is 0. The van der Waals surface area contributed by atoms with Crippen LogP contribution in [0.1, 0.15) is 24.8 Å². The maximum absolute atomic E-state index is 12.2. The average molecular weight is 402 g/mol. The predicted molar refractivity (Wildman–Crippen MR) is 119 cm³/mol. The third kappa shape index (κ3) is 4.95. The van der Waals surface area contributed by atoms with Crippen LogP contribution in [0.2, 0.25) is 0 Å². The summed E-state index contributed by atoms with van der Waals surface area (Å²) < 4.78 is 5.59. The molecule has 1 amide bonds. The molecule has 1 aliphatic heterocycles. The Morgan fingerprint density at radius 2 is 1.73 bits per heavy atom. The average Bonchev–Trinajstić information content (AvgIpc) is 2.80. The minimum absolute atomic E-state index is 0.0317. The van der Waals surface area contributed by atoms with Crippen LogP contribution in [0.3, 0.4) is 0 Å². The van der Waals surface area contributed by atoms with Gasteiger partial charge in [-0.15, -0.1) is 10.2 Å². The molecule has 0 unspecified atom stereocenters. The van der Waals surface area contributed by atoms with Crippen LogP contribution in [-0.4, -0.2) is 35.8 Å². The van der Waals surface area contributed by atoms with Gasteiger partial charge in [-0.1, -0.05) is 30.3 Å². The number of para-hydroxylation sites is 1. The van der Waals surface area contributed by atoms with Gasteiger partial charge in [-0.2, -0.15) is 0 Å². The third-order valence-electron chi connectivity index (χ3n) is 5.25. The molecule has 0 radical (unpaired) electrons. The third-order valence-corrected chi connectivity index (χ3v) is 5.25. The lowest BCUT2D eigenvalue weighted by atomic mass is 10.1. The van der Waals surface area contributed by atoms with Crippen LogP contribution in [0, 0.1) is 6.92 Å². The van der Waals surface area contributed by atoms with E-state index in [1.54, 1.807) is 0 Å². The van der Waals surface area contributed by atoms with E-state index in [0.29, 0.717) is 0 Å². The van der Waals surface area contributed by atoms with Gasteiger partial charge in [-0.3, -0.25) is 4.79 Å². The smallest absolute Gasteiger partial charge is 0.262 e. The van der Waals surface area contributed by atoms with Gasteiger partial charge in [0.15, 0.2) is 12.4 Å². The number of rotatable bonds is 6. The van der Waals surface area contributed by atoms with Crippen LogP contribution in [0.15, 0.2) is 60.7 Å². The Morgan fingerprint density at radius 3 is 2.43 bits per heavy atom. The molecule has 0 aliphatic carbocycles. The number of hydrogen-bond acceptors (Lipinski definition) is 5. The minimum atomic E-state index is -0.198. The van der Waals surface area contributed by atoms with E-state index in [-0.39, 0.29) is 12.5 Å². The molecule has 1 fully saturated rings. The lowest BCUT2D eigenvalue weighted by Crippen LogP contribution is -2.30. The Bertz CT molecular complexity index is 981. The molecule has 0 bridgehead atoms. The number of nitrogens with one attached hydrogen (secondary N) is 1. The van der Waals surface area contributed by atoms with E-state index in [4.69, 9.17) is 4.74 Å². The number of benzene rings is 2. The first-order valence-corrected chi connectivity index (χ1v) is 10.4. The van der Waals surface area contributed by atoms with Gasteiger partial charge >= 0.3 is 0 Å². The number of hydrogen-bond donors (Lipinski definition) is 1. The van der Waals surface area contributed by atoms with E-state index in [9.17, 15) is 4.79 Å². The molecule has 2 heterocycles. The molecule has 154 valence electrons. The summed E-state index contributed by atoms with van der Waals surface area (Å²) in [5.74, 6) is 1.46. The molecule has 6 nitrogen and oxygen atoms in total. The van der Waals surface area contributed by atoms with E-state index < -0.39 is 0 Å². The monoisotopic (exact) mass is 402 g/mol. The Hall–Kier alpha value is -3.41. The van der Waals surface area contributed by atoms with E-state index >= 15 is 0 Å². The van der Waals surface area contributed by atoms with Gasteiger partial charge in [0.2, 0.25) is 0 Å². The van der Waals surface area contributed by atoms with Crippen LogP contribution < -0.4 is 15.0 Å². The fraction of sp³-hybridized carbons (Fsp3) is 0.292. The lowest BCUT2D eigenvalue weighted by molar-refractivity contribution is -0.118. The number of ether oxygens (including phenoxy) is 1. The Balaban J connectivity index is 1.33. The maximum atomic E-state index is 12.2. The molecule has 30 heavy (non-hydrogen) atoms. The number of anilines is 2. The van der Waals surface area contributed by atoms with Crippen LogP contribution in [0.5, 0.6) is 5.75 Å². The molecule has 1 aromatic heterocycles. The highest BCUT2D eigenvalue weighted by Gasteiger charge is 2.13. The summed E-state index contributed by atoms with van der Waals surface area (Å²) in [5, 5.41) is 11.6. The fourth-order valence-corrected chi connectivity index (χ4v) is 3.55. The van der Waals surface area contributed by atoms with Crippen molar-refractivity contribution in [3.63, 3.8) is 0 Å². The first-order valence-electron chi connectivity index (χ1n) is 10.4. The van der Waals surface area contributed by atoms with Gasteiger partial charge in [0.1, 0.15) is 5.75 Å². The van der Waals surface area contributed by atoms with E-state index in [2.05, 4.69) is 20.4 Å². The molecule has 2 aromatic carbocycles. The van der Waals surface area contributed by atoms with Crippen molar-refractivity contribution < 1.29 is 9.53 Å². The fourth-order valence-electron chi connectivity index (χ4n) is 3.55. The van der Waals surface area contributed by atoms with Crippen molar-refractivity contribution in [3.8, 4) is 17.0 Å². The number of piperidine rings is 1. The number of aromatic nitrogens is 2. The first-order chi connectivity index (χ1) is 14.7. The van der Waals surface area contributed by atoms with Crippen molar-refractivity contribution in [2.45, 2.75) is 26.2 Å². The SMILES string of the molecule is Cc1ccccc1OCC(=O)Nc1ccc(-c2ccc(N3CCCCC3)nn2)cc1. The highest BCUT2D eigenvalue weighted by atomic mass is 16.5. The second-order valence-electron chi connectivity index (χ2n) is 7.50. The number of carbonyl (C=O) groups is 1. The van der Waals surface area contributed by atoms with E-state index in [1.165, 1.54) is 19.3 Å². The zero-order valence-corrected chi connectivity index (χ0v) is 17.2. The van der Waals surface area contributed by atoms with Gasteiger partial charge in [-0.25, -0.2) is 0 Å². The van der Waals surface area contributed by atoms with Crippen molar-refractivity contribution in [1.29, 1.82) is 0 Å². The van der Waals surface area contributed by atoms with Gasteiger partial charge in [0, 0.05) is 24.3 Å². The minimum Gasteiger partial charge on any atom is -0.483 e. The predicted octanol–water partition coefficient (Wildman–Crippen LogP) is 4.46. The van der Waals surface area contributed by atoms with Gasteiger partial charge < -0.3 is 15.0 Å². The summed E-state index contributed by atoms with van der Waals surface area (Å²) in [6, 6.07) is 19.3. The van der Waals surface area contributed by atoms with Crippen molar-refractivity contribution in [2.75, 3.05) is 29.9 Å². The lowest BCUT2D eigenvalue weighted by Gasteiger charge is -2.27. The number of carbonyl (C=O) groups excluding carboxylic acids is 1. The number of aryl methyl sites for hydroxylation is 1. The zero-order valence-electron chi connectivity index (χ0n) is 17.2. The Kier molecular flexibility index (Phi) is 6.23. The van der Waals surface area contributed by atoms with Crippen molar-refractivity contribution >= 4 is 17.4 Å². The molecular formula is C24H26N4O2. The van der Waals surface area contributed by atoms with Crippen molar-refractivity contribution in [1.82, 2.24) is 10.2 Å². The Morgan fingerprint density at radius 1 is 0.967 bits per heavy atom. The number of amides is 1. The second kappa shape index (κ2) is 9.39. The molecule has 3 aromatic rings. The highest BCUT2D eigenvalue weighted by molar-refractivity contribution is 5.92.